The molecule has 0 aliphatic heterocycles. The van der Waals surface area contributed by atoms with Crippen LogP contribution in [0, 0.1) is 0 Å². The fourth-order valence-electron chi connectivity index (χ4n) is 1.83. The van der Waals surface area contributed by atoms with Gasteiger partial charge in [-0.3, -0.25) is 9.97 Å². The summed E-state index contributed by atoms with van der Waals surface area (Å²) < 4.78 is 0. The highest BCUT2D eigenvalue weighted by molar-refractivity contribution is 5.61. The van der Waals surface area contributed by atoms with Crippen LogP contribution in [0.3, 0.4) is 0 Å². The number of nitrogens with zero attached hydrogens (tertiary/aromatic N) is 2. The average molecular weight is 225 g/mol. The summed E-state index contributed by atoms with van der Waals surface area (Å²) >= 11 is 0. The molecule has 3 heteroatoms. The first-order valence-corrected chi connectivity index (χ1v) is 5.99. The monoisotopic (exact) mass is 225 g/mol. The van der Waals surface area contributed by atoms with E-state index in [1.54, 1.807) is 6.20 Å². The molecule has 2 aromatic rings. The van der Waals surface area contributed by atoms with E-state index in [2.05, 4.69) is 27.4 Å². The molecule has 0 atom stereocenters. The van der Waals surface area contributed by atoms with Crippen LogP contribution in [0.4, 0.5) is 0 Å². The maximum atomic E-state index is 4.29. The Morgan fingerprint density at radius 1 is 1.12 bits per heavy atom. The summed E-state index contributed by atoms with van der Waals surface area (Å²) in [5, 5.41) is 3.50. The Hall–Kier alpha value is -1.74. The van der Waals surface area contributed by atoms with Gasteiger partial charge in [-0.15, -0.1) is 0 Å². The highest BCUT2D eigenvalue weighted by Crippen LogP contribution is 2.21. The number of nitrogens with one attached hydrogen (secondary N) is 1. The van der Waals surface area contributed by atoms with Gasteiger partial charge in [0.1, 0.15) is 0 Å². The molecule has 2 heterocycles. The SMILES string of the molecule is c1cncc(-c2cncc(CNC3CC3)c2)c1. The summed E-state index contributed by atoms with van der Waals surface area (Å²) in [5.74, 6) is 0. The summed E-state index contributed by atoms with van der Waals surface area (Å²) in [4.78, 5) is 8.42. The van der Waals surface area contributed by atoms with E-state index in [0.29, 0.717) is 0 Å². The lowest BCUT2D eigenvalue weighted by Crippen LogP contribution is -2.15. The van der Waals surface area contributed by atoms with E-state index in [1.165, 1.54) is 18.4 Å². The van der Waals surface area contributed by atoms with E-state index in [1.807, 2.05) is 24.7 Å². The first-order valence-electron chi connectivity index (χ1n) is 5.99. The Morgan fingerprint density at radius 3 is 2.76 bits per heavy atom. The van der Waals surface area contributed by atoms with Gasteiger partial charge in [0.25, 0.3) is 0 Å². The van der Waals surface area contributed by atoms with Crippen molar-refractivity contribution in [2.45, 2.75) is 25.4 Å². The topological polar surface area (TPSA) is 37.8 Å². The van der Waals surface area contributed by atoms with Crippen LogP contribution in [0.25, 0.3) is 11.1 Å². The zero-order valence-corrected chi connectivity index (χ0v) is 9.63. The molecule has 1 N–H and O–H groups in total. The lowest BCUT2D eigenvalue weighted by atomic mass is 10.1. The number of pyridine rings is 2. The van der Waals surface area contributed by atoms with E-state index >= 15 is 0 Å². The number of hydrogen-bond acceptors (Lipinski definition) is 3. The zero-order valence-electron chi connectivity index (χ0n) is 9.63. The summed E-state index contributed by atoms with van der Waals surface area (Å²) in [5.41, 5.74) is 3.49. The zero-order chi connectivity index (χ0) is 11.5. The van der Waals surface area contributed by atoms with Crippen molar-refractivity contribution < 1.29 is 0 Å². The molecule has 0 aromatic carbocycles. The smallest absolute Gasteiger partial charge is 0.0347 e. The van der Waals surface area contributed by atoms with Crippen LogP contribution in [0.1, 0.15) is 18.4 Å². The molecule has 3 nitrogen and oxygen atoms in total. The summed E-state index contributed by atoms with van der Waals surface area (Å²) in [6.07, 6.45) is 10.1. The van der Waals surface area contributed by atoms with Crippen LogP contribution >= 0.6 is 0 Å². The average Bonchev–Trinajstić information content (AvgIpc) is 3.22. The Morgan fingerprint density at radius 2 is 2.00 bits per heavy atom. The van der Waals surface area contributed by atoms with E-state index in [-0.39, 0.29) is 0 Å². The molecule has 0 bridgehead atoms. The molecule has 1 fully saturated rings. The standard InChI is InChI=1S/C14H15N3/c1-2-12(9-15-5-1)13-6-11(7-16-10-13)8-17-14-3-4-14/h1-2,5-7,9-10,14,17H,3-4,8H2. The highest BCUT2D eigenvalue weighted by Gasteiger charge is 2.19. The van der Waals surface area contributed by atoms with Crippen LogP contribution in [0.5, 0.6) is 0 Å². The number of hydrogen-bond donors (Lipinski definition) is 1. The fourth-order valence-corrected chi connectivity index (χ4v) is 1.83. The van der Waals surface area contributed by atoms with Gasteiger partial charge in [-0.2, -0.15) is 0 Å². The maximum Gasteiger partial charge on any atom is 0.0347 e. The van der Waals surface area contributed by atoms with Crippen molar-refractivity contribution in [2.24, 2.45) is 0 Å². The van der Waals surface area contributed by atoms with Gasteiger partial charge in [-0.05, 0) is 30.5 Å². The Kier molecular flexibility index (Phi) is 2.84. The number of aromatic nitrogens is 2. The minimum Gasteiger partial charge on any atom is -0.310 e. The Balaban J connectivity index is 1.78. The van der Waals surface area contributed by atoms with Gasteiger partial charge in [0.2, 0.25) is 0 Å². The van der Waals surface area contributed by atoms with Crippen molar-refractivity contribution >= 4 is 0 Å². The predicted molar refractivity (Wildman–Crippen MR) is 67.3 cm³/mol. The lowest BCUT2D eigenvalue weighted by molar-refractivity contribution is 0.686. The molecule has 0 amide bonds. The third kappa shape index (κ3) is 2.68. The van der Waals surface area contributed by atoms with Crippen molar-refractivity contribution in [3.8, 4) is 11.1 Å². The van der Waals surface area contributed by atoms with Gasteiger partial charge in [-0.1, -0.05) is 6.07 Å². The second kappa shape index (κ2) is 4.63. The normalized spacial score (nSPS) is 14.8. The van der Waals surface area contributed by atoms with Crippen molar-refractivity contribution in [3.63, 3.8) is 0 Å². The molecule has 0 radical (unpaired) electrons. The summed E-state index contributed by atoms with van der Waals surface area (Å²) in [6, 6.07) is 6.92. The van der Waals surface area contributed by atoms with Gasteiger partial charge in [-0.25, -0.2) is 0 Å². The first-order chi connectivity index (χ1) is 8.42. The predicted octanol–water partition coefficient (Wildman–Crippen LogP) is 2.40. The third-order valence-electron chi connectivity index (χ3n) is 2.96. The second-order valence-corrected chi connectivity index (χ2v) is 4.48. The van der Waals surface area contributed by atoms with Crippen LogP contribution in [0.2, 0.25) is 0 Å². The number of rotatable bonds is 4. The van der Waals surface area contributed by atoms with Crippen molar-refractivity contribution in [1.82, 2.24) is 15.3 Å². The highest BCUT2D eigenvalue weighted by atomic mass is 14.9. The molecule has 2 aromatic heterocycles. The van der Waals surface area contributed by atoms with Crippen LogP contribution in [-0.2, 0) is 6.54 Å². The molecule has 1 saturated carbocycles. The summed E-state index contributed by atoms with van der Waals surface area (Å²) in [7, 11) is 0. The third-order valence-corrected chi connectivity index (χ3v) is 2.96. The Bertz CT molecular complexity index is 492. The molecular formula is C14H15N3. The van der Waals surface area contributed by atoms with E-state index in [9.17, 15) is 0 Å². The molecule has 86 valence electrons. The van der Waals surface area contributed by atoms with E-state index in [0.717, 1.165) is 23.7 Å². The van der Waals surface area contributed by atoms with Gasteiger partial charge in [0, 0.05) is 48.5 Å². The van der Waals surface area contributed by atoms with Crippen molar-refractivity contribution in [2.75, 3.05) is 0 Å². The second-order valence-electron chi connectivity index (χ2n) is 4.48. The minimum atomic E-state index is 0.733. The molecule has 17 heavy (non-hydrogen) atoms. The van der Waals surface area contributed by atoms with Gasteiger partial charge in [0.15, 0.2) is 0 Å². The quantitative estimate of drug-likeness (QED) is 0.868. The molecule has 3 rings (SSSR count). The van der Waals surface area contributed by atoms with Gasteiger partial charge in [0.05, 0.1) is 0 Å². The van der Waals surface area contributed by atoms with Crippen molar-refractivity contribution in [1.29, 1.82) is 0 Å². The molecular weight excluding hydrogens is 210 g/mol. The molecule has 0 unspecified atom stereocenters. The Labute approximate surface area is 101 Å². The van der Waals surface area contributed by atoms with Crippen LogP contribution in [0.15, 0.2) is 43.0 Å². The van der Waals surface area contributed by atoms with E-state index in [4.69, 9.17) is 0 Å². The van der Waals surface area contributed by atoms with Gasteiger partial charge < -0.3 is 5.32 Å². The van der Waals surface area contributed by atoms with E-state index < -0.39 is 0 Å². The minimum absolute atomic E-state index is 0.733. The molecule has 1 aliphatic carbocycles. The summed E-state index contributed by atoms with van der Waals surface area (Å²) in [6.45, 7) is 0.909. The maximum absolute atomic E-state index is 4.29. The lowest BCUT2D eigenvalue weighted by Gasteiger charge is -2.05. The van der Waals surface area contributed by atoms with Crippen molar-refractivity contribution in [3.05, 3.63) is 48.5 Å². The fraction of sp³-hybridized carbons (Fsp3) is 0.286. The van der Waals surface area contributed by atoms with Crippen LogP contribution in [-0.4, -0.2) is 16.0 Å². The molecule has 1 aliphatic rings. The van der Waals surface area contributed by atoms with Gasteiger partial charge >= 0.3 is 0 Å². The first kappa shape index (κ1) is 10.4. The largest absolute Gasteiger partial charge is 0.310 e. The van der Waals surface area contributed by atoms with Crippen LogP contribution < -0.4 is 5.32 Å². The molecule has 0 spiro atoms. The molecule has 0 saturated heterocycles.